The molecule has 0 amide bonds. The second-order valence-corrected chi connectivity index (χ2v) is 5.12. The number of likely N-dealkylation sites (N-methyl/N-ethyl adjacent to an activating group) is 1. The van der Waals surface area contributed by atoms with Gasteiger partial charge < -0.3 is 10.1 Å². The molecule has 0 aliphatic rings. The van der Waals surface area contributed by atoms with Crippen molar-refractivity contribution in [2.75, 3.05) is 13.7 Å². The zero-order valence-electron chi connectivity index (χ0n) is 11.0. The highest BCUT2D eigenvalue weighted by Crippen LogP contribution is 2.26. The van der Waals surface area contributed by atoms with Crippen LogP contribution >= 0.6 is 0 Å². The van der Waals surface area contributed by atoms with Crippen LogP contribution < -0.4 is 10.1 Å². The normalized spacial score (nSPS) is 11.9. The van der Waals surface area contributed by atoms with E-state index in [-0.39, 0.29) is 5.54 Å². The molecule has 0 unspecified atom stereocenters. The van der Waals surface area contributed by atoms with Crippen LogP contribution in [0.4, 0.5) is 0 Å². The zero-order valence-corrected chi connectivity index (χ0v) is 11.0. The van der Waals surface area contributed by atoms with Gasteiger partial charge in [-0.15, -0.1) is 0 Å². The highest BCUT2D eigenvalue weighted by molar-refractivity contribution is 5.35. The number of hydrogen-bond acceptors (Lipinski definition) is 2. The zero-order chi connectivity index (χ0) is 12.2. The van der Waals surface area contributed by atoms with E-state index >= 15 is 0 Å². The van der Waals surface area contributed by atoms with E-state index in [9.17, 15) is 0 Å². The topological polar surface area (TPSA) is 21.3 Å². The maximum atomic E-state index is 5.89. The molecule has 0 aliphatic carbocycles. The maximum Gasteiger partial charge on any atom is 0.122 e. The van der Waals surface area contributed by atoms with Crippen molar-refractivity contribution in [3.63, 3.8) is 0 Å². The summed E-state index contributed by atoms with van der Waals surface area (Å²) in [5.74, 6) is 1.50. The maximum absolute atomic E-state index is 5.89. The third-order valence-electron chi connectivity index (χ3n) is 2.81. The van der Waals surface area contributed by atoms with Crippen LogP contribution in [-0.2, 0) is 0 Å². The lowest BCUT2D eigenvalue weighted by Gasteiger charge is -2.25. The first-order valence-corrected chi connectivity index (χ1v) is 5.87. The van der Waals surface area contributed by atoms with Gasteiger partial charge in [0.2, 0.25) is 0 Å². The lowest BCUT2D eigenvalue weighted by atomic mass is 10.0. The minimum absolute atomic E-state index is 0.00406. The Morgan fingerprint density at radius 2 is 1.88 bits per heavy atom. The van der Waals surface area contributed by atoms with Gasteiger partial charge in [-0.1, -0.05) is 32.0 Å². The molecule has 0 radical (unpaired) electrons. The van der Waals surface area contributed by atoms with Gasteiger partial charge in [-0.3, -0.25) is 0 Å². The summed E-state index contributed by atoms with van der Waals surface area (Å²) in [6.45, 7) is 9.31. The fourth-order valence-corrected chi connectivity index (χ4v) is 1.42. The van der Waals surface area contributed by atoms with Gasteiger partial charge in [-0.25, -0.2) is 0 Å². The van der Waals surface area contributed by atoms with E-state index in [2.05, 4.69) is 45.1 Å². The molecule has 1 rings (SSSR count). The molecule has 1 aromatic rings. The van der Waals surface area contributed by atoms with Crippen molar-refractivity contribution in [3.8, 4) is 5.75 Å². The van der Waals surface area contributed by atoms with Crippen molar-refractivity contribution in [2.45, 2.75) is 39.2 Å². The van der Waals surface area contributed by atoms with Crippen LogP contribution in [0, 0.1) is 0 Å². The Kier molecular flexibility index (Phi) is 4.36. The van der Waals surface area contributed by atoms with Crippen molar-refractivity contribution < 1.29 is 4.74 Å². The van der Waals surface area contributed by atoms with Crippen LogP contribution in [0.15, 0.2) is 24.3 Å². The van der Waals surface area contributed by atoms with E-state index in [1.165, 1.54) is 5.56 Å². The number of hydrogen-bond donors (Lipinski definition) is 1. The number of nitrogens with one attached hydrogen (secondary N) is 1. The van der Waals surface area contributed by atoms with Gasteiger partial charge in [0, 0.05) is 5.54 Å². The molecule has 2 heteroatoms. The summed E-state index contributed by atoms with van der Waals surface area (Å²) >= 11 is 0. The molecular weight excluding hydrogens is 198 g/mol. The first kappa shape index (κ1) is 13.0. The quantitative estimate of drug-likeness (QED) is 0.824. The predicted octanol–water partition coefficient (Wildman–Crippen LogP) is 3.19. The lowest BCUT2D eigenvalue weighted by molar-refractivity contribution is 0.215. The molecule has 0 aliphatic heterocycles. The van der Waals surface area contributed by atoms with Gasteiger partial charge in [0.15, 0.2) is 0 Å². The second kappa shape index (κ2) is 5.35. The number of ether oxygens (including phenoxy) is 1. The van der Waals surface area contributed by atoms with Crippen LogP contribution in [0.25, 0.3) is 0 Å². The van der Waals surface area contributed by atoms with E-state index in [0.717, 1.165) is 5.75 Å². The van der Waals surface area contributed by atoms with Crippen molar-refractivity contribution in [3.05, 3.63) is 29.8 Å². The van der Waals surface area contributed by atoms with Crippen LogP contribution in [-0.4, -0.2) is 19.2 Å². The summed E-state index contributed by atoms with van der Waals surface area (Å²) in [5, 5.41) is 3.24. The van der Waals surface area contributed by atoms with Crippen molar-refractivity contribution >= 4 is 0 Å². The molecule has 0 fully saturated rings. The number of benzene rings is 1. The van der Waals surface area contributed by atoms with E-state index in [4.69, 9.17) is 4.74 Å². The fraction of sp³-hybridized carbons (Fsp3) is 0.571. The average Bonchev–Trinajstić information content (AvgIpc) is 2.27. The smallest absolute Gasteiger partial charge is 0.122 e. The van der Waals surface area contributed by atoms with Crippen LogP contribution in [0.3, 0.4) is 0 Å². The molecule has 0 bridgehead atoms. The summed E-state index contributed by atoms with van der Waals surface area (Å²) in [4.78, 5) is 0. The summed E-state index contributed by atoms with van der Waals surface area (Å²) in [6, 6.07) is 8.26. The molecular formula is C14H23NO. The van der Waals surface area contributed by atoms with Crippen molar-refractivity contribution in [1.29, 1.82) is 0 Å². The summed E-state index contributed by atoms with van der Waals surface area (Å²) in [7, 11) is 1.96. The molecule has 1 aromatic carbocycles. The van der Waals surface area contributed by atoms with Gasteiger partial charge >= 0.3 is 0 Å². The van der Waals surface area contributed by atoms with Crippen LogP contribution in [0.5, 0.6) is 5.75 Å². The Morgan fingerprint density at radius 1 is 1.25 bits per heavy atom. The van der Waals surface area contributed by atoms with Gasteiger partial charge in [-0.05, 0) is 38.4 Å². The number of para-hydroxylation sites is 1. The Hall–Kier alpha value is -1.02. The first-order valence-electron chi connectivity index (χ1n) is 5.87. The van der Waals surface area contributed by atoms with E-state index in [1.54, 1.807) is 0 Å². The van der Waals surface area contributed by atoms with E-state index in [1.807, 2.05) is 19.2 Å². The van der Waals surface area contributed by atoms with E-state index in [0.29, 0.717) is 12.5 Å². The Balaban J connectivity index is 2.74. The minimum Gasteiger partial charge on any atom is -0.491 e. The monoisotopic (exact) mass is 221 g/mol. The average molecular weight is 221 g/mol. The third-order valence-corrected chi connectivity index (χ3v) is 2.81. The fourth-order valence-electron chi connectivity index (χ4n) is 1.42. The molecule has 0 aromatic heterocycles. The predicted molar refractivity (Wildman–Crippen MR) is 69.2 cm³/mol. The highest BCUT2D eigenvalue weighted by atomic mass is 16.5. The Morgan fingerprint density at radius 3 is 2.44 bits per heavy atom. The van der Waals surface area contributed by atoms with E-state index < -0.39 is 0 Å². The molecule has 1 N–H and O–H groups in total. The van der Waals surface area contributed by atoms with Gasteiger partial charge in [0.25, 0.3) is 0 Å². The summed E-state index contributed by atoms with van der Waals surface area (Å²) in [6.07, 6.45) is 0. The number of rotatable bonds is 5. The van der Waals surface area contributed by atoms with Crippen LogP contribution in [0.2, 0.25) is 0 Å². The molecule has 0 atom stereocenters. The third kappa shape index (κ3) is 3.53. The van der Waals surface area contributed by atoms with Gasteiger partial charge in [0.1, 0.15) is 12.4 Å². The summed E-state index contributed by atoms with van der Waals surface area (Å²) < 4.78 is 5.89. The van der Waals surface area contributed by atoms with Crippen molar-refractivity contribution in [2.24, 2.45) is 0 Å². The van der Waals surface area contributed by atoms with Gasteiger partial charge in [-0.2, -0.15) is 0 Å². The molecule has 2 nitrogen and oxygen atoms in total. The molecule has 0 heterocycles. The standard InChI is InChI=1S/C14H23NO/c1-11(2)12-8-6-7-9-13(12)16-10-14(3,4)15-5/h6-9,11,15H,10H2,1-5H3. The molecule has 90 valence electrons. The molecule has 0 spiro atoms. The van der Waals surface area contributed by atoms with Crippen molar-refractivity contribution in [1.82, 2.24) is 5.32 Å². The Labute approximate surface area is 99.0 Å². The molecule has 0 saturated carbocycles. The SMILES string of the molecule is CNC(C)(C)COc1ccccc1C(C)C. The lowest BCUT2D eigenvalue weighted by Crippen LogP contribution is -2.42. The second-order valence-electron chi connectivity index (χ2n) is 5.12. The largest absolute Gasteiger partial charge is 0.491 e. The Bertz CT molecular complexity index is 331. The van der Waals surface area contributed by atoms with Crippen LogP contribution in [0.1, 0.15) is 39.2 Å². The summed E-state index contributed by atoms with van der Waals surface area (Å²) in [5.41, 5.74) is 1.28. The molecule has 0 saturated heterocycles. The first-order chi connectivity index (χ1) is 7.46. The minimum atomic E-state index is 0.00406. The highest BCUT2D eigenvalue weighted by Gasteiger charge is 2.16. The molecule has 16 heavy (non-hydrogen) atoms. The van der Waals surface area contributed by atoms with Gasteiger partial charge in [0.05, 0.1) is 0 Å².